The first-order valence-electron chi connectivity index (χ1n) is 8.62. The standard InChI is InChI=1S/C19H24N4O3/c1-4-5-9-16(18(25)26)23-17(24)14-7-6-8-15(11-14)22-19-20-12(2)10-13(3)21-19/h6-8,10-11,16H,4-5,9H2,1-3H3,(H,23,24)(H,25,26)(H,20,21,22). The number of carbonyl (C=O) groups is 2. The maximum absolute atomic E-state index is 12.4. The lowest BCUT2D eigenvalue weighted by Crippen LogP contribution is -2.40. The summed E-state index contributed by atoms with van der Waals surface area (Å²) in [5.41, 5.74) is 2.72. The molecule has 0 aliphatic carbocycles. The van der Waals surface area contributed by atoms with Crippen LogP contribution in [0, 0.1) is 13.8 Å². The average molecular weight is 356 g/mol. The molecule has 2 aromatic rings. The van der Waals surface area contributed by atoms with Crippen LogP contribution in [0.3, 0.4) is 0 Å². The number of unbranched alkanes of at least 4 members (excludes halogenated alkanes) is 1. The Morgan fingerprint density at radius 1 is 1.15 bits per heavy atom. The quantitative estimate of drug-likeness (QED) is 0.671. The van der Waals surface area contributed by atoms with Crippen molar-refractivity contribution >= 4 is 23.5 Å². The van der Waals surface area contributed by atoms with Gasteiger partial charge in [-0.05, 0) is 44.5 Å². The number of aromatic nitrogens is 2. The van der Waals surface area contributed by atoms with E-state index >= 15 is 0 Å². The number of carboxylic acids is 1. The van der Waals surface area contributed by atoms with Gasteiger partial charge in [0.2, 0.25) is 5.95 Å². The molecule has 0 aliphatic rings. The van der Waals surface area contributed by atoms with Gasteiger partial charge in [0.05, 0.1) is 0 Å². The van der Waals surface area contributed by atoms with Crippen LogP contribution in [0.4, 0.5) is 11.6 Å². The molecule has 7 heteroatoms. The third-order valence-corrected chi connectivity index (χ3v) is 3.81. The molecule has 1 aromatic heterocycles. The Balaban J connectivity index is 2.12. The third-order valence-electron chi connectivity index (χ3n) is 3.81. The van der Waals surface area contributed by atoms with Crippen molar-refractivity contribution in [1.29, 1.82) is 0 Å². The molecule has 1 unspecified atom stereocenters. The van der Waals surface area contributed by atoms with Crippen molar-refractivity contribution in [3.63, 3.8) is 0 Å². The summed E-state index contributed by atoms with van der Waals surface area (Å²) in [5.74, 6) is -0.991. The lowest BCUT2D eigenvalue weighted by atomic mass is 10.1. The predicted molar refractivity (Wildman–Crippen MR) is 99.6 cm³/mol. The molecule has 1 atom stereocenters. The van der Waals surface area contributed by atoms with Gasteiger partial charge in [0.15, 0.2) is 0 Å². The number of hydrogen-bond acceptors (Lipinski definition) is 5. The van der Waals surface area contributed by atoms with Crippen molar-refractivity contribution in [3.8, 4) is 0 Å². The monoisotopic (exact) mass is 356 g/mol. The number of amides is 1. The van der Waals surface area contributed by atoms with Crippen molar-refractivity contribution < 1.29 is 14.7 Å². The molecule has 0 saturated carbocycles. The van der Waals surface area contributed by atoms with Gasteiger partial charge >= 0.3 is 5.97 Å². The van der Waals surface area contributed by atoms with E-state index in [0.717, 1.165) is 24.2 Å². The molecule has 0 aliphatic heterocycles. The second-order valence-electron chi connectivity index (χ2n) is 6.19. The van der Waals surface area contributed by atoms with Gasteiger partial charge in [0.25, 0.3) is 5.91 Å². The van der Waals surface area contributed by atoms with Crippen molar-refractivity contribution in [1.82, 2.24) is 15.3 Å². The van der Waals surface area contributed by atoms with Crippen LogP contribution in [-0.4, -0.2) is 33.0 Å². The Morgan fingerprint density at radius 2 is 1.85 bits per heavy atom. The Labute approximate surface area is 152 Å². The number of anilines is 2. The Morgan fingerprint density at radius 3 is 2.46 bits per heavy atom. The Kier molecular flexibility index (Phi) is 6.66. The molecule has 0 fully saturated rings. The fourth-order valence-electron chi connectivity index (χ4n) is 2.56. The highest BCUT2D eigenvalue weighted by Gasteiger charge is 2.20. The number of aliphatic carboxylic acids is 1. The van der Waals surface area contributed by atoms with E-state index in [4.69, 9.17) is 0 Å². The number of carboxylic acid groups (broad SMARTS) is 1. The van der Waals surface area contributed by atoms with E-state index < -0.39 is 17.9 Å². The molecule has 7 nitrogen and oxygen atoms in total. The summed E-state index contributed by atoms with van der Waals surface area (Å²) >= 11 is 0. The van der Waals surface area contributed by atoms with Crippen LogP contribution in [-0.2, 0) is 4.79 Å². The van der Waals surface area contributed by atoms with Gasteiger partial charge in [0, 0.05) is 22.6 Å². The minimum absolute atomic E-state index is 0.377. The van der Waals surface area contributed by atoms with Gasteiger partial charge in [-0.3, -0.25) is 4.79 Å². The summed E-state index contributed by atoms with van der Waals surface area (Å²) in [6, 6.07) is 7.79. The number of benzene rings is 1. The van der Waals surface area contributed by atoms with Gasteiger partial charge in [-0.25, -0.2) is 14.8 Å². The number of nitrogens with one attached hydrogen (secondary N) is 2. The number of aryl methyl sites for hydroxylation is 2. The van der Waals surface area contributed by atoms with Crippen LogP contribution < -0.4 is 10.6 Å². The van der Waals surface area contributed by atoms with Crippen LogP contribution in [0.25, 0.3) is 0 Å². The third kappa shape index (κ3) is 5.54. The highest BCUT2D eigenvalue weighted by atomic mass is 16.4. The predicted octanol–water partition coefficient (Wildman–Crippen LogP) is 3.21. The van der Waals surface area contributed by atoms with Gasteiger partial charge in [-0.15, -0.1) is 0 Å². The van der Waals surface area contributed by atoms with Crippen molar-refractivity contribution in [2.24, 2.45) is 0 Å². The van der Waals surface area contributed by atoms with Crippen LogP contribution in [0.5, 0.6) is 0 Å². The number of rotatable bonds is 8. The van der Waals surface area contributed by atoms with E-state index in [1.807, 2.05) is 26.8 Å². The summed E-state index contributed by atoms with van der Waals surface area (Å²) < 4.78 is 0. The number of nitrogens with zero attached hydrogens (tertiary/aromatic N) is 2. The van der Waals surface area contributed by atoms with Crippen LogP contribution in [0.1, 0.15) is 47.9 Å². The molecule has 0 radical (unpaired) electrons. The minimum atomic E-state index is -1.02. The SMILES string of the molecule is CCCCC(NC(=O)c1cccc(Nc2nc(C)cc(C)n2)c1)C(=O)O. The normalized spacial score (nSPS) is 11.7. The molecule has 138 valence electrons. The first-order chi connectivity index (χ1) is 12.4. The van der Waals surface area contributed by atoms with Crippen LogP contribution in [0.2, 0.25) is 0 Å². The van der Waals surface area contributed by atoms with E-state index in [1.54, 1.807) is 24.3 Å². The van der Waals surface area contributed by atoms with Gasteiger partial charge in [-0.2, -0.15) is 0 Å². The molecule has 0 saturated heterocycles. The number of hydrogen-bond donors (Lipinski definition) is 3. The highest BCUT2D eigenvalue weighted by Crippen LogP contribution is 2.16. The smallest absolute Gasteiger partial charge is 0.326 e. The van der Waals surface area contributed by atoms with Gasteiger partial charge in [-0.1, -0.05) is 25.8 Å². The summed E-state index contributed by atoms with van der Waals surface area (Å²) in [6.07, 6.45) is 2.02. The molecule has 26 heavy (non-hydrogen) atoms. The summed E-state index contributed by atoms with van der Waals surface area (Å²) in [5, 5.41) is 14.9. The molecular formula is C19H24N4O3. The molecule has 0 bridgehead atoms. The zero-order valence-corrected chi connectivity index (χ0v) is 15.2. The number of carbonyl (C=O) groups excluding carboxylic acids is 1. The summed E-state index contributed by atoms with van der Waals surface area (Å²) in [7, 11) is 0. The first kappa shape index (κ1) is 19.4. The van der Waals surface area contributed by atoms with E-state index in [9.17, 15) is 14.7 Å². The van der Waals surface area contributed by atoms with Crippen LogP contribution in [0.15, 0.2) is 30.3 Å². The lowest BCUT2D eigenvalue weighted by molar-refractivity contribution is -0.139. The van der Waals surface area contributed by atoms with Gasteiger partial charge in [0.1, 0.15) is 6.04 Å². The molecule has 1 heterocycles. The van der Waals surface area contributed by atoms with E-state index in [-0.39, 0.29) is 0 Å². The second kappa shape index (κ2) is 8.94. The lowest BCUT2D eigenvalue weighted by Gasteiger charge is -2.14. The second-order valence-corrected chi connectivity index (χ2v) is 6.19. The molecule has 3 N–H and O–H groups in total. The van der Waals surface area contributed by atoms with E-state index in [2.05, 4.69) is 20.6 Å². The van der Waals surface area contributed by atoms with Crippen molar-refractivity contribution in [3.05, 3.63) is 47.3 Å². The van der Waals surface area contributed by atoms with Gasteiger partial charge < -0.3 is 15.7 Å². The van der Waals surface area contributed by atoms with Crippen molar-refractivity contribution in [2.75, 3.05) is 5.32 Å². The topological polar surface area (TPSA) is 104 Å². The largest absolute Gasteiger partial charge is 0.480 e. The molecule has 0 spiro atoms. The zero-order valence-electron chi connectivity index (χ0n) is 15.2. The Bertz CT molecular complexity index is 772. The maximum atomic E-state index is 12.4. The summed E-state index contributed by atoms with van der Waals surface area (Å²) in [6.45, 7) is 5.74. The molecule has 2 rings (SSSR count). The Hall–Kier alpha value is -2.96. The van der Waals surface area contributed by atoms with Crippen molar-refractivity contribution in [2.45, 2.75) is 46.1 Å². The first-order valence-corrected chi connectivity index (χ1v) is 8.62. The molecular weight excluding hydrogens is 332 g/mol. The maximum Gasteiger partial charge on any atom is 0.326 e. The van der Waals surface area contributed by atoms with E-state index in [1.165, 1.54) is 0 Å². The molecule has 1 aromatic carbocycles. The minimum Gasteiger partial charge on any atom is -0.480 e. The fourth-order valence-corrected chi connectivity index (χ4v) is 2.56. The zero-order chi connectivity index (χ0) is 19.1. The molecule has 1 amide bonds. The van der Waals surface area contributed by atoms with E-state index in [0.29, 0.717) is 23.6 Å². The highest BCUT2D eigenvalue weighted by molar-refractivity contribution is 5.97. The fraction of sp³-hybridized carbons (Fsp3) is 0.368. The average Bonchev–Trinajstić information content (AvgIpc) is 2.57. The summed E-state index contributed by atoms with van der Waals surface area (Å²) in [4.78, 5) is 32.3. The van der Waals surface area contributed by atoms with Crippen LogP contribution >= 0.6 is 0 Å².